The van der Waals surface area contributed by atoms with Gasteiger partial charge in [-0.15, -0.1) is 0 Å². The molecule has 5 aliphatic rings. The number of carbonyl (C=O) groups excluding carboxylic acids is 4. The monoisotopic (exact) mass is 846 g/mol. The van der Waals surface area contributed by atoms with Gasteiger partial charge in [-0.05, 0) is 60.4 Å². The van der Waals surface area contributed by atoms with Crippen molar-refractivity contribution in [3.05, 3.63) is 59.4 Å². The minimum Gasteiger partial charge on any atom is -0.444 e. The Morgan fingerprint density at radius 1 is 1.02 bits per heavy atom. The van der Waals surface area contributed by atoms with Gasteiger partial charge in [0.05, 0.1) is 36.4 Å². The predicted octanol–water partition coefficient (Wildman–Crippen LogP) is 2.69. The number of amides is 4. The summed E-state index contributed by atoms with van der Waals surface area (Å²) in [6.45, 7) is 8.08. The minimum absolute atomic E-state index is 0.0176. The molecule has 0 spiro atoms. The molecule has 3 aliphatic heterocycles. The molecule has 2 saturated heterocycles. The van der Waals surface area contributed by atoms with E-state index in [0.717, 1.165) is 0 Å². The van der Waals surface area contributed by atoms with Crippen LogP contribution in [0, 0.1) is 17.2 Å². The topological polar surface area (TPSA) is 201 Å². The highest BCUT2D eigenvalue weighted by Crippen LogP contribution is 2.47. The molecular formula is C39H51FN6O10S2. The predicted molar refractivity (Wildman–Crippen MR) is 208 cm³/mol. The molecule has 2 aromatic carbocycles. The van der Waals surface area contributed by atoms with Gasteiger partial charge < -0.3 is 25.0 Å². The summed E-state index contributed by atoms with van der Waals surface area (Å²) in [5, 5.41) is 5.35. The van der Waals surface area contributed by atoms with E-state index < -0.39 is 84.1 Å². The number of carbonyl (C=O) groups is 4. The number of benzene rings is 2. The minimum atomic E-state index is -3.92. The van der Waals surface area contributed by atoms with Crippen molar-refractivity contribution >= 4 is 49.5 Å². The third-order valence-electron chi connectivity index (χ3n) is 11.7. The van der Waals surface area contributed by atoms with Gasteiger partial charge in [-0.2, -0.15) is 4.31 Å². The number of hydrogen-bond acceptors (Lipinski definition) is 11. The maximum Gasteiger partial charge on any atom is 0.410 e. The molecule has 316 valence electrons. The van der Waals surface area contributed by atoms with Gasteiger partial charge in [0.1, 0.15) is 29.5 Å². The number of fused-ring (bicyclic) bond motifs is 1. The second-order valence-electron chi connectivity index (χ2n) is 16.9. The summed E-state index contributed by atoms with van der Waals surface area (Å²) in [6.07, 6.45) is -0.335. The van der Waals surface area contributed by atoms with E-state index in [1.807, 2.05) is 6.92 Å². The Bertz CT molecular complexity index is 2190. The van der Waals surface area contributed by atoms with Gasteiger partial charge in [-0.3, -0.25) is 24.0 Å². The fraction of sp³-hybridized carbons (Fsp3) is 0.590. The maximum absolute atomic E-state index is 14.8. The second kappa shape index (κ2) is 15.7. The van der Waals surface area contributed by atoms with Gasteiger partial charge in [0.15, 0.2) is 0 Å². The lowest BCUT2D eigenvalue weighted by molar-refractivity contribution is -0.141. The number of rotatable bonds is 12. The van der Waals surface area contributed by atoms with Crippen LogP contribution in [0.1, 0.15) is 70.9 Å². The first-order valence-electron chi connectivity index (χ1n) is 19.7. The smallest absolute Gasteiger partial charge is 0.410 e. The number of halogens is 1. The number of nitrogens with zero attached hydrogens (tertiary/aromatic N) is 3. The number of likely N-dealkylation sites (tertiary alicyclic amines) is 1. The van der Waals surface area contributed by atoms with Crippen LogP contribution in [0.3, 0.4) is 0 Å². The fourth-order valence-corrected chi connectivity index (χ4v) is 10.9. The number of hydrogen-bond donors (Lipinski definition) is 3. The van der Waals surface area contributed by atoms with Gasteiger partial charge >= 0.3 is 6.09 Å². The summed E-state index contributed by atoms with van der Waals surface area (Å²) in [5.41, 5.74) is -0.984. The number of sulfonamides is 2. The molecule has 3 heterocycles. The number of ether oxygens (including phenoxy) is 2. The van der Waals surface area contributed by atoms with Crippen LogP contribution in [0.2, 0.25) is 0 Å². The van der Waals surface area contributed by atoms with Gasteiger partial charge in [0.25, 0.3) is 5.91 Å². The Balaban J connectivity index is 1.14. The zero-order valence-electron chi connectivity index (χ0n) is 33.0. The first-order chi connectivity index (χ1) is 27.3. The molecule has 2 saturated carbocycles. The molecule has 3 N–H and O–H groups in total. The van der Waals surface area contributed by atoms with Crippen molar-refractivity contribution in [3.63, 3.8) is 0 Å². The van der Waals surface area contributed by atoms with E-state index in [9.17, 15) is 40.4 Å². The van der Waals surface area contributed by atoms with Crippen LogP contribution in [0.5, 0.6) is 0 Å². The third kappa shape index (κ3) is 8.40. The first kappa shape index (κ1) is 41.8. The van der Waals surface area contributed by atoms with Crippen LogP contribution in [-0.4, -0.2) is 117 Å². The third-order valence-corrected chi connectivity index (χ3v) is 15.4. The Morgan fingerprint density at radius 2 is 1.72 bits per heavy atom. The Labute approximate surface area is 338 Å². The summed E-state index contributed by atoms with van der Waals surface area (Å²) in [4.78, 5) is 58.9. The van der Waals surface area contributed by atoms with E-state index in [1.165, 1.54) is 32.3 Å². The summed E-state index contributed by atoms with van der Waals surface area (Å²) >= 11 is 0. The van der Waals surface area contributed by atoms with E-state index >= 15 is 0 Å². The molecule has 19 heteroatoms. The van der Waals surface area contributed by atoms with Crippen molar-refractivity contribution in [1.82, 2.24) is 24.1 Å². The highest BCUT2D eigenvalue weighted by Gasteiger charge is 2.62. The SMILES string of the molecule is CCC1CC1(NC(=O)C1CC(OC(=O)N2Cc3cccc(F)c3C2)CN1C(=O)C(Nc1cccc(S(=O)(=O)N2CCOCC2)c1)C(C)(C)C)C(=O)NS(=O)(=O)C1CC1. The van der Waals surface area contributed by atoms with E-state index in [1.54, 1.807) is 45.0 Å². The lowest BCUT2D eigenvalue weighted by Gasteiger charge is -2.36. The number of anilines is 1. The van der Waals surface area contributed by atoms with Crippen LogP contribution >= 0.6 is 0 Å². The number of nitrogens with one attached hydrogen (secondary N) is 3. The van der Waals surface area contributed by atoms with Crippen molar-refractivity contribution in [2.75, 3.05) is 38.2 Å². The van der Waals surface area contributed by atoms with E-state index in [0.29, 0.717) is 36.1 Å². The zero-order chi connectivity index (χ0) is 41.8. The molecule has 2 aliphatic carbocycles. The molecule has 4 fully saturated rings. The lowest BCUT2D eigenvalue weighted by Crippen LogP contribution is -2.58. The molecule has 0 radical (unpaired) electrons. The maximum atomic E-state index is 14.8. The van der Waals surface area contributed by atoms with Gasteiger partial charge in [0.2, 0.25) is 31.9 Å². The molecule has 4 amide bonds. The van der Waals surface area contributed by atoms with Crippen LogP contribution in [0.4, 0.5) is 14.9 Å². The summed E-state index contributed by atoms with van der Waals surface area (Å²) in [7, 11) is -7.80. The largest absolute Gasteiger partial charge is 0.444 e. The Kier molecular flexibility index (Phi) is 11.3. The molecule has 5 atom stereocenters. The number of morpholine rings is 1. The lowest BCUT2D eigenvalue weighted by atomic mass is 9.85. The summed E-state index contributed by atoms with van der Waals surface area (Å²) in [5.74, 6) is -2.90. The van der Waals surface area contributed by atoms with Crippen LogP contribution in [-0.2, 0) is 57.0 Å². The van der Waals surface area contributed by atoms with Crippen LogP contribution < -0.4 is 15.4 Å². The standard InChI is InChI=1S/C39H51FN6O10S2/c1-5-25-20-39(25,36(49)43-57(51,52)28-12-13-28)42-34(47)32-19-27(56-37(50)44-21-24-8-6-11-31(40)30(24)23-44)22-46(32)35(48)33(38(2,3)4)41-26-9-7-10-29(18-26)58(53,54)45-14-16-55-17-15-45/h6-11,18,25,27-28,32-33,41H,5,12-17,19-23H2,1-4H3,(H,42,47)(H,43,49). The van der Waals surface area contributed by atoms with Gasteiger partial charge in [0, 0.05) is 37.3 Å². The fourth-order valence-electron chi connectivity index (χ4n) is 8.06. The molecule has 2 aromatic rings. The molecular weight excluding hydrogens is 796 g/mol. The van der Waals surface area contributed by atoms with Crippen molar-refractivity contribution in [3.8, 4) is 0 Å². The van der Waals surface area contributed by atoms with Crippen molar-refractivity contribution in [2.24, 2.45) is 11.3 Å². The van der Waals surface area contributed by atoms with E-state index in [-0.39, 0.29) is 69.6 Å². The summed E-state index contributed by atoms with van der Waals surface area (Å²) in [6, 6.07) is 8.42. The molecule has 0 bridgehead atoms. The zero-order valence-corrected chi connectivity index (χ0v) is 34.7. The van der Waals surface area contributed by atoms with Gasteiger partial charge in [-0.25, -0.2) is 26.0 Å². The normalized spacial score (nSPS) is 25.4. The van der Waals surface area contributed by atoms with E-state index in [2.05, 4.69) is 15.4 Å². The van der Waals surface area contributed by atoms with Crippen molar-refractivity contribution in [1.29, 1.82) is 0 Å². The van der Waals surface area contributed by atoms with Gasteiger partial charge in [-0.1, -0.05) is 52.3 Å². The molecule has 58 heavy (non-hydrogen) atoms. The Hall–Kier alpha value is -4.33. The highest BCUT2D eigenvalue weighted by atomic mass is 32.2. The molecule has 16 nitrogen and oxygen atoms in total. The average Bonchev–Trinajstić information content (AvgIpc) is 4.07. The molecule has 5 unspecified atom stereocenters. The summed E-state index contributed by atoms with van der Waals surface area (Å²) < 4.78 is 81.8. The first-order valence-corrected chi connectivity index (χ1v) is 22.7. The molecule has 0 aromatic heterocycles. The van der Waals surface area contributed by atoms with Crippen LogP contribution in [0.25, 0.3) is 0 Å². The van der Waals surface area contributed by atoms with Crippen molar-refractivity contribution in [2.45, 2.75) is 107 Å². The second-order valence-corrected chi connectivity index (χ2v) is 20.8. The quantitative estimate of drug-likeness (QED) is 0.284. The van der Waals surface area contributed by atoms with E-state index in [4.69, 9.17) is 9.47 Å². The van der Waals surface area contributed by atoms with Crippen LogP contribution in [0.15, 0.2) is 47.4 Å². The molecule has 7 rings (SSSR count). The Morgan fingerprint density at radius 3 is 2.36 bits per heavy atom. The van der Waals surface area contributed by atoms with Crippen molar-refractivity contribution < 1.29 is 49.9 Å². The highest BCUT2D eigenvalue weighted by molar-refractivity contribution is 7.91. The average molecular weight is 847 g/mol.